The van der Waals surface area contributed by atoms with Crippen molar-refractivity contribution in [3.05, 3.63) is 23.2 Å². The molecule has 0 radical (unpaired) electrons. The molecule has 0 bridgehead atoms. The van der Waals surface area contributed by atoms with Gasteiger partial charge in [-0.25, -0.2) is 0 Å². The zero-order valence-electron chi connectivity index (χ0n) is 9.70. The SMILES string of the molecule is NC1CCC(Nc2ccc(OC(F)F)c(Cl)c2)C1. The number of benzene rings is 1. The second-order valence-electron chi connectivity index (χ2n) is 4.44. The number of hydrogen-bond donors (Lipinski definition) is 2. The van der Waals surface area contributed by atoms with Gasteiger partial charge in [-0.1, -0.05) is 11.6 Å². The van der Waals surface area contributed by atoms with Crippen LogP contribution in [0.1, 0.15) is 19.3 Å². The Bertz CT molecular complexity index is 417. The number of hydrogen-bond acceptors (Lipinski definition) is 3. The minimum atomic E-state index is -2.87. The molecule has 3 N–H and O–H groups in total. The van der Waals surface area contributed by atoms with E-state index in [2.05, 4.69) is 10.1 Å². The van der Waals surface area contributed by atoms with E-state index >= 15 is 0 Å². The van der Waals surface area contributed by atoms with Crippen LogP contribution in [0, 0.1) is 0 Å². The van der Waals surface area contributed by atoms with Gasteiger partial charge in [0.25, 0.3) is 0 Å². The number of nitrogens with one attached hydrogen (secondary N) is 1. The van der Waals surface area contributed by atoms with E-state index in [-0.39, 0.29) is 16.8 Å². The molecule has 0 aromatic heterocycles. The molecule has 1 aliphatic rings. The van der Waals surface area contributed by atoms with Crippen molar-refractivity contribution in [2.24, 2.45) is 5.73 Å². The zero-order chi connectivity index (χ0) is 13.1. The largest absolute Gasteiger partial charge is 0.433 e. The normalized spacial score (nSPS) is 23.4. The topological polar surface area (TPSA) is 47.3 Å². The molecule has 0 heterocycles. The highest BCUT2D eigenvalue weighted by atomic mass is 35.5. The Morgan fingerprint density at radius 3 is 2.72 bits per heavy atom. The standard InChI is InChI=1S/C12H15ClF2N2O/c13-10-6-9(3-4-11(10)18-12(14)15)17-8-2-1-7(16)5-8/h3-4,6-8,12,17H,1-2,5,16H2. The quantitative estimate of drug-likeness (QED) is 0.887. The van der Waals surface area contributed by atoms with Gasteiger partial charge in [-0.05, 0) is 37.5 Å². The van der Waals surface area contributed by atoms with Crippen molar-refractivity contribution >= 4 is 17.3 Å². The van der Waals surface area contributed by atoms with Crippen LogP contribution in [0.5, 0.6) is 5.75 Å². The summed E-state index contributed by atoms with van der Waals surface area (Å²) in [5.74, 6) is -0.0136. The van der Waals surface area contributed by atoms with E-state index in [4.69, 9.17) is 17.3 Å². The van der Waals surface area contributed by atoms with Crippen LogP contribution in [0.15, 0.2) is 18.2 Å². The lowest BCUT2D eigenvalue weighted by Gasteiger charge is -2.15. The molecule has 0 spiro atoms. The molecule has 2 unspecified atom stereocenters. The third-order valence-corrected chi connectivity index (χ3v) is 3.29. The molecular weight excluding hydrogens is 262 g/mol. The van der Waals surface area contributed by atoms with Crippen molar-refractivity contribution < 1.29 is 13.5 Å². The third kappa shape index (κ3) is 3.46. The van der Waals surface area contributed by atoms with E-state index in [1.54, 1.807) is 12.1 Å². The highest BCUT2D eigenvalue weighted by Gasteiger charge is 2.21. The summed E-state index contributed by atoms with van der Waals surface area (Å²) < 4.78 is 28.4. The second-order valence-corrected chi connectivity index (χ2v) is 4.85. The lowest BCUT2D eigenvalue weighted by atomic mass is 10.2. The van der Waals surface area contributed by atoms with Gasteiger partial charge in [0.05, 0.1) is 5.02 Å². The predicted octanol–water partition coefficient (Wildman–Crippen LogP) is 3.23. The van der Waals surface area contributed by atoms with Crippen molar-refractivity contribution in [3.8, 4) is 5.75 Å². The van der Waals surface area contributed by atoms with Gasteiger partial charge in [0.1, 0.15) is 5.75 Å². The van der Waals surface area contributed by atoms with Crippen molar-refractivity contribution in [2.75, 3.05) is 5.32 Å². The highest BCUT2D eigenvalue weighted by Crippen LogP contribution is 2.30. The smallest absolute Gasteiger partial charge is 0.387 e. The van der Waals surface area contributed by atoms with E-state index in [1.807, 2.05) is 0 Å². The first-order valence-electron chi connectivity index (χ1n) is 5.81. The van der Waals surface area contributed by atoms with E-state index in [0.717, 1.165) is 24.9 Å². The molecule has 1 fully saturated rings. The number of ether oxygens (including phenoxy) is 1. The van der Waals surface area contributed by atoms with Crippen LogP contribution in [0.4, 0.5) is 14.5 Å². The molecule has 0 saturated heterocycles. The van der Waals surface area contributed by atoms with Crippen LogP contribution in [-0.2, 0) is 0 Å². The summed E-state index contributed by atoms with van der Waals surface area (Å²) in [6.07, 6.45) is 2.92. The molecule has 1 aromatic carbocycles. The van der Waals surface area contributed by atoms with Gasteiger partial charge in [-0.15, -0.1) is 0 Å². The van der Waals surface area contributed by atoms with Crippen molar-refractivity contribution in [2.45, 2.75) is 38.0 Å². The summed E-state index contributed by atoms with van der Waals surface area (Å²) in [4.78, 5) is 0. The summed E-state index contributed by atoms with van der Waals surface area (Å²) in [6.45, 7) is -2.87. The summed E-state index contributed by atoms with van der Waals surface area (Å²) >= 11 is 5.86. The molecular formula is C12H15ClF2N2O. The molecule has 2 atom stereocenters. The zero-order valence-corrected chi connectivity index (χ0v) is 10.5. The van der Waals surface area contributed by atoms with Gasteiger partial charge in [-0.2, -0.15) is 8.78 Å². The number of nitrogens with two attached hydrogens (primary N) is 1. The molecule has 0 amide bonds. The summed E-state index contributed by atoms with van der Waals surface area (Å²) in [5.41, 5.74) is 6.61. The fourth-order valence-corrected chi connectivity index (χ4v) is 2.39. The van der Waals surface area contributed by atoms with Crippen LogP contribution < -0.4 is 15.8 Å². The molecule has 1 aromatic rings. The van der Waals surface area contributed by atoms with Gasteiger partial charge >= 0.3 is 6.61 Å². The third-order valence-electron chi connectivity index (χ3n) is 2.99. The van der Waals surface area contributed by atoms with E-state index in [1.165, 1.54) is 6.07 Å². The minimum Gasteiger partial charge on any atom is -0.433 e. The van der Waals surface area contributed by atoms with Crippen LogP contribution >= 0.6 is 11.6 Å². The monoisotopic (exact) mass is 276 g/mol. The first-order valence-corrected chi connectivity index (χ1v) is 6.19. The first kappa shape index (κ1) is 13.4. The molecule has 3 nitrogen and oxygen atoms in total. The molecule has 1 saturated carbocycles. The number of alkyl halides is 2. The lowest BCUT2D eigenvalue weighted by Crippen LogP contribution is -2.20. The summed E-state index contributed by atoms with van der Waals surface area (Å²) in [5, 5.41) is 3.45. The van der Waals surface area contributed by atoms with E-state index < -0.39 is 6.61 Å². The van der Waals surface area contributed by atoms with Crippen LogP contribution in [0.2, 0.25) is 5.02 Å². The average Bonchev–Trinajstić information content (AvgIpc) is 2.68. The Morgan fingerprint density at radius 1 is 1.39 bits per heavy atom. The Morgan fingerprint density at radius 2 is 2.17 bits per heavy atom. The molecule has 6 heteroatoms. The van der Waals surface area contributed by atoms with Crippen LogP contribution in [0.25, 0.3) is 0 Å². The Kier molecular flexibility index (Phi) is 4.24. The molecule has 0 aliphatic heterocycles. The van der Waals surface area contributed by atoms with E-state index in [0.29, 0.717) is 6.04 Å². The summed E-state index contributed by atoms with van der Waals surface area (Å²) in [7, 11) is 0. The number of rotatable bonds is 4. The van der Waals surface area contributed by atoms with Gasteiger partial charge in [0.2, 0.25) is 0 Å². The fraction of sp³-hybridized carbons (Fsp3) is 0.500. The van der Waals surface area contributed by atoms with Gasteiger partial charge < -0.3 is 15.8 Å². The van der Waals surface area contributed by atoms with Gasteiger partial charge in [-0.3, -0.25) is 0 Å². The maximum atomic E-state index is 12.1. The van der Waals surface area contributed by atoms with Gasteiger partial charge in [0.15, 0.2) is 0 Å². The van der Waals surface area contributed by atoms with Crippen LogP contribution in [0.3, 0.4) is 0 Å². The summed E-state index contributed by atoms with van der Waals surface area (Å²) in [6, 6.07) is 5.25. The molecule has 100 valence electrons. The Hall–Kier alpha value is -1.07. The average molecular weight is 277 g/mol. The molecule has 18 heavy (non-hydrogen) atoms. The molecule has 1 aliphatic carbocycles. The Labute approximate surface area is 109 Å². The number of anilines is 1. The lowest BCUT2D eigenvalue weighted by molar-refractivity contribution is -0.0497. The predicted molar refractivity (Wildman–Crippen MR) is 67.3 cm³/mol. The fourth-order valence-electron chi connectivity index (χ4n) is 2.17. The van der Waals surface area contributed by atoms with Crippen molar-refractivity contribution in [1.29, 1.82) is 0 Å². The Balaban J connectivity index is 2.00. The highest BCUT2D eigenvalue weighted by molar-refractivity contribution is 6.32. The van der Waals surface area contributed by atoms with Crippen molar-refractivity contribution in [3.63, 3.8) is 0 Å². The van der Waals surface area contributed by atoms with Crippen molar-refractivity contribution in [1.82, 2.24) is 0 Å². The van der Waals surface area contributed by atoms with Gasteiger partial charge in [0, 0.05) is 17.8 Å². The first-order chi connectivity index (χ1) is 8.54. The maximum Gasteiger partial charge on any atom is 0.387 e. The van der Waals surface area contributed by atoms with Crippen LogP contribution in [-0.4, -0.2) is 18.7 Å². The maximum absolute atomic E-state index is 12.1. The second kappa shape index (κ2) is 5.71. The minimum absolute atomic E-state index is 0.0136. The number of halogens is 3. The van der Waals surface area contributed by atoms with E-state index in [9.17, 15) is 8.78 Å². The molecule has 2 rings (SSSR count).